The van der Waals surface area contributed by atoms with Crippen LogP contribution in [-0.4, -0.2) is 73.6 Å². The maximum Gasteiger partial charge on any atom is 0.516 e. The van der Waals surface area contributed by atoms with Crippen LogP contribution in [0.2, 0.25) is 0 Å². The topological polar surface area (TPSA) is 107 Å². The number of alkyl halides is 15. The summed E-state index contributed by atoms with van der Waals surface area (Å²) < 4.78 is 197. The van der Waals surface area contributed by atoms with Crippen molar-refractivity contribution < 1.29 is 109 Å². The summed E-state index contributed by atoms with van der Waals surface area (Å²) in [7, 11) is 0. The van der Waals surface area contributed by atoms with Gasteiger partial charge in [-0.25, -0.2) is 14.4 Å². The average Bonchev–Trinajstić information content (AvgIpc) is 3.18. The first kappa shape index (κ1) is 30.8. The van der Waals surface area contributed by atoms with Crippen molar-refractivity contribution >= 4 is 18.5 Å². The molecule has 0 N–H and O–H groups in total. The van der Waals surface area contributed by atoms with Gasteiger partial charge in [-0.1, -0.05) is 0 Å². The van der Waals surface area contributed by atoms with Gasteiger partial charge in [0, 0.05) is 0 Å². The zero-order chi connectivity index (χ0) is 28.7. The molecule has 3 heterocycles. The van der Waals surface area contributed by atoms with Gasteiger partial charge in [0.05, 0.1) is 0 Å². The fourth-order valence-corrected chi connectivity index (χ4v) is 1.75. The monoisotopic (exact) mass is 576 g/mol. The summed E-state index contributed by atoms with van der Waals surface area (Å²) >= 11 is 0. The van der Waals surface area contributed by atoms with E-state index in [2.05, 4.69) is 28.4 Å². The van der Waals surface area contributed by atoms with Crippen LogP contribution < -0.4 is 0 Å². The predicted molar refractivity (Wildman–Crippen MR) is 67.1 cm³/mol. The van der Waals surface area contributed by atoms with Crippen LogP contribution in [0.3, 0.4) is 0 Å². The minimum absolute atomic E-state index is 1.64. The van der Waals surface area contributed by atoms with Crippen LogP contribution in [-0.2, 0) is 28.4 Å². The number of hydrogen-bond donors (Lipinski definition) is 0. The number of hydrogen-bond acceptors (Lipinski definition) is 9. The molecule has 9 nitrogen and oxygen atoms in total. The first-order valence-corrected chi connectivity index (χ1v) is 7.71. The van der Waals surface area contributed by atoms with Crippen LogP contribution in [0.1, 0.15) is 0 Å². The Morgan fingerprint density at radius 3 is 1.17 bits per heavy atom. The van der Waals surface area contributed by atoms with Gasteiger partial charge < -0.3 is 28.4 Å². The van der Waals surface area contributed by atoms with Crippen molar-refractivity contribution in [3.63, 3.8) is 0 Å². The molecule has 3 fully saturated rings. The van der Waals surface area contributed by atoms with Gasteiger partial charge in [0.15, 0.2) is 0 Å². The SMILES string of the molecule is O=C1OC(F)(C(F)(F)F)C(F)(C(F)(F)F)O1.O=C1OC(F)C(C(F)(F)F)O1.O=C1OC(F)C(F)(F)O1. The first-order valence-electron chi connectivity index (χ1n) is 7.71. The van der Waals surface area contributed by atoms with E-state index in [1.54, 1.807) is 0 Å². The summed E-state index contributed by atoms with van der Waals surface area (Å²) in [5.41, 5.74) is 0. The lowest BCUT2D eigenvalue weighted by atomic mass is 10.1. The minimum Gasteiger partial charge on any atom is -0.414 e. The van der Waals surface area contributed by atoms with E-state index in [0.717, 1.165) is 0 Å². The molecule has 5 unspecified atom stereocenters. The predicted octanol–water partition coefficient (Wildman–Crippen LogP) is 5.03. The van der Waals surface area contributed by atoms with E-state index in [-0.39, 0.29) is 0 Å². The Labute approximate surface area is 183 Å². The Morgan fingerprint density at radius 2 is 1.00 bits per heavy atom. The zero-order valence-corrected chi connectivity index (χ0v) is 15.6. The van der Waals surface area contributed by atoms with Gasteiger partial charge in [0.1, 0.15) is 0 Å². The van der Waals surface area contributed by atoms with Crippen molar-refractivity contribution in [1.82, 2.24) is 0 Å². The Balaban J connectivity index is 0.000000283. The van der Waals surface area contributed by atoms with Crippen LogP contribution >= 0.6 is 0 Å². The summed E-state index contributed by atoms with van der Waals surface area (Å²) in [6.07, 6.45) is -36.5. The first-order chi connectivity index (χ1) is 15.8. The molecule has 3 saturated heterocycles. The summed E-state index contributed by atoms with van der Waals surface area (Å²) in [6, 6.07) is 0. The summed E-state index contributed by atoms with van der Waals surface area (Å²) in [5, 5.41) is 0. The molecule has 210 valence electrons. The molecule has 5 atom stereocenters. The van der Waals surface area contributed by atoms with Crippen molar-refractivity contribution in [2.75, 3.05) is 0 Å². The zero-order valence-electron chi connectivity index (χ0n) is 15.6. The van der Waals surface area contributed by atoms with E-state index in [1.165, 1.54) is 0 Å². The number of ether oxygens (including phenoxy) is 6. The molecule has 24 heteroatoms. The lowest BCUT2D eigenvalue weighted by Crippen LogP contribution is -2.62. The molecule has 3 rings (SSSR count). The summed E-state index contributed by atoms with van der Waals surface area (Å²) in [4.78, 5) is 29.7. The number of halogens is 15. The van der Waals surface area contributed by atoms with Gasteiger partial charge in [-0.05, 0) is 0 Å². The van der Waals surface area contributed by atoms with Crippen LogP contribution in [0.4, 0.5) is 80.2 Å². The van der Waals surface area contributed by atoms with E-state index in [9.17, 15) is 80.2 Å². The highest BCUT2D eigenvalue weighted by Crippen LogP contribution is 2.56. The van der Waals surface area contributed by atoms with E-state index in [1.807, 2.05) is 0 Å². The Bertz CT molecular complexity index is 824. The van der Waals surface area contributed by atoms with Gasteiger partial charge in [0.25, 0.3) is 12.5 Å². The third-order valence-corrected chi connectivity index (χ3v) is 3.27. The van der Waals surface area contributed by atoms with Gasteiger partial charge in [-0.15, -0.1) is 0 Å². The molecular weight excluding hydrogens is 573 g/mol. The third-order valence-electron chi connectivity index (χ3n) is 3.27. The van der Waals surface area contributed by atoms with Crippen LogP contribution in [0.5, 0.6) is 0 Å². The molecule has 0 aromatic carbocycles. The maximum atomic E-state index is 12.8. The highest BCUT2D eigenvalue weighted by molar-refractivity contribution is 5.64. The molecular formula is C12H3F15O9. The number of cyclic esters (lactones) is 6. The van der Waals surface area contributed by atoms with E-state index in [4.69, 9.17) is 0 Å². The molecule has 3 aliphatic heterocycles. The molecule has 0 amide bonds. The molecule has 0 aromatic rings. The van der Waals surface area contributed by atoms with Gasteiger partial charge >= 0.3 is 61.2 Å². The molecule has 0 aliphatic carbocycles. The normalized spacial score (nSPS) is 33.4. The van der Waals surface area contributed by atoms with Crippen molar-refractivity contribution in [2.24, 2.45) is 0 Å². The largest absolute Gasteiger partial charge is 0.516 e. The second-order valence-corrected chi connectivity index (χ2v) is 5.79. The maximum absolute atomic E-state index is 12.8. The van der Waals surface area contributed by atoms with Gasteiger partial charge in [0.2, 0.25) is 0 Å². The van der Waals surface area contributed by atoms with Crippen molar-refractivity contribution in [3.05, 3.63) is 0 Å². The summed E-state index contributed by atoms with van der Waals surface area (Å²) in [5.74, 6) is -11.8. The van der Waals surface area contributed by atoms with Crippen molar-refractivity contribution in [3.8, 4) is 0 Å². The van der Waals surface area contributed by atoms with Crippen molar-refractivity contribution in [1.29, 1.82) is 0 Å². The molecule has 0 radical (unpaired) electrons. The van der Waals surface area contributed by atoms with E-state index in [0.29, 0.717) is 0 Å². The van der Waals surface area contributed by atoms with Gasteiger partial charge in [-0.3, -0.25) is 0 Å². The standard InChI is InChI=1S/C5F8O3.C4H2F4O3.C3HF3O3/c6-2(4(8,9)10)3(7,5(11,12)13)16-1(14)15-2;5-2-1(4(6,7)8)10-3(9)11-2;4-1-3(5,6)9-2(7)8-1/h;1-2H;1H. The molecule has 36 heavy (non-hydrogen) atoms. The van der Waals surface area contributed by atoms with E-state index >= 15 is 0 Å². The molecule has 0 aromatic heterocycles. The third kappa shape index (κ3) is 6.11. The Morgan fingerprint density at radius 1 is 0.583 bits per heavy atom. The lowest BCUT2D eigenvalue weighted by molar-refractivity contribution is -0.422. The van der Waals surface area contributed by atoms with Crippen LogP contribution in [0, 0.1) is 0 Å². The quantitative estimate of drug-likeness (QED) is 0.223. The molecule has 0 saturated carbocycles. The van der Waals surface area contributed by atoms with Crippen LogP contribution in [0.15, 0.2) is 0 Å². The average molecular weight is 576 g/mol. The fraction of sp³-hybridized carbons (Fsp3) is 0.750. The number of rotatable bonds is 0. The number of carbonyl (C=O) groups is 3. The fourth-order valence-electron chi connectivity index (χ4n) is 1.75. The van der Waals surface area contributed by atoms with E-state index < -0.39 is 73.6 Å². The Hall–Kier alpha value is -3.24. The molecule has 0 bridgehead atoms. The molecule has 3 aliphatic rings. The van der Waals surface area contributed by atoms with Gasteiger partial charge in [-0.2, -0.15) is 65.9 Å². The highest BCUT2D eigenvalue weighted by atomic mass is 19.4. The number of carbonyl (C=O) groups excluding carboxylic acids is 3. The lowest BCUT2D eigenvalue weighted by Gasteiger charge is -2.30. The molecule has 0 spiro atoms. The van der Waals surface area contributed by atoms with Crippen LogP contribution in [0.25, 0.3) is 0 Å². The highest BCUT2D eigenvalue weighted by Gasteiger charge is 2.89. The van der Waals surface area contributed by atoms with Crippen molar-refractivity contribution in [2.45, 2.75) is 55.2 Å². The second kappa shape index (κ2) is 9.33. The summed E-state index contributed by atoms with van der Waals surface area (Å²) in [6.45, 7) is 0. The smallest absolute Gasteiger partial charge is 0.414 e. The minimum atomic E-state index is -6.44. The second-order valence-electron chi connectivity index (χ2n) is 5.79. The Kier molecular flexibility index (Phi) is 7.98.